The number of fused-ring (bicyclic) bond motifs is 2. The van der Waals surface area contributed by atoms with Crippen LogP contribution in [0, 0.1) is 17.2 Å². The van der Waals surface area contributed by atoms with E-state index in [0.29, 0.717) is 17.4 Å². The van der Waals surface area contributed by atoms with Gasteiger partial charge in [0, 0.05) is 13.0 Å². The summed E-state index contributed by atoms with van der Waals surface area (Å²) in [6.45, 7) is 1.87. The molecule has 1 N–H and O–H groups in total. The van der Waals surface area contributed by atoms with Gasteiger partial charge in [0.25, 0.3) is 11.5 Å². The minimum absolute atomic E-state index is 0.104. The highest BCUT2D eigenvalue weighted by Gasteiger charge is 2.43. The van der Waals surface area contributed by atoms with Gasteiger partial charge in [-0.05, 0) is 50.3 Å². The Morgan fingerprint density at radius 2 is 2.21 bits per heavy atom. The van der Waals surface area contributed by atoms with Crippen LogP contribution in [0.4, 0.5) is 0 Å². The van der Waals surface area contributed by atoms with Crippen molar-refractivity contribution in [2.75, 3.05) is 6.61 Å². The number of ether oxygens (including phenoxy) is 1. The zero-order valence-corrected chi connectivity index (χ0v) is 15.5. The lowest BCUT2D eigenvalue weighted by molar-refractivity contribution is -0.125. The summed E-state index contributed by atoms with van der Waals surface area (Å²) >= 11 is 0. The topological polar surface area (TPSA) is 114 Å². The summed E-state index contributed by atoms with van der Waals surface area (Å²) in [5.74, 6) is -0.327. The first kappa shape index (κ1) is 18.2. The molecule has 1 saturated carbocycles. The van der Waals surface area contributed by atoms with Gasteiger partial charge in [-0.2, -0.15) is 5.26 Å². The second-order valence-corrected chi connectivity index (χ2v) is 7.53. The summed E-state index contributed by atoms with van der Waals surface area (Å²) < 4.78 is 6.74. The molecule has 2 heterocycles. The zero-order valence-electron chi connectivity index (χ0n) is 15.5. The molecule has 1 atom stereocenters. The minimum Gasteiger partial charge on any atom is -0.452 e. The van der Waals surface area contributed by atoms with Gasteiger partial charge in [-0.25, -0.2) is 9.78 Å². The minimum atomic E-state index is -0.932. The van der Waals surface area contributed by atoms with Crippen LogP contribution in [-0.2, 0) is 22.5 Å². The molecule has 1 aromatic carbocycles. The van der Waals surface area contributed by atoms with Gasteiger partial charge < -0.3 is 10.1 Å². The van der Waals surface area contributed by atoms with E-state index in [-0.39, 0.29) is 17.0 Å². The molecule has 0 bridgehead atoms. The van der Waals surface area contributed by atoms with Gasteiger partial charge in [-0.1, -0.05) is 0 Å². The number of carbonyl (C=O) groups is 2. The number of nitrogens with one attached hydrogen (secondary N) is 1. The summed E-state index contributed by atoms with van der Waals surface area (Å²) in [7, 11) is 0. The second kappa shape index (κ2) is 6.75. The monoisotopic (exact) mass is 380 g/mol. The van der Waals surface area contributed by atoms with Crippen LogP contribution < -0.4 is 10.9 Å². The molecule has 2 aliphatic rings. The number of esters is 1. The number of nitrogens with zero attached hydrogens (tertiary/aromatic N) is 3. The first-order chi connectivity index (χ1) is 13.4. The van der Waals surface area contributed by atoms with Gasteiger partial charge in [-0.3, -0.25) is 14.2 Å². The average molecular weight is 380 g/mol. The molecule has 8 heteroatoms. The fraction of sp³-hybridized carbons (Fsp3) is 0.450. The lowest BCUT2D eigenvalue weighted by Gasteiger charge is -2.22. The molecule has 1 aromatic heterocycles. The molecule has 0 spiro atoms. The first-order valence-corrected chi connectivity index (χ1v) is 9.34. The number of amides is 1. The molecule has 144 valence electrons. The molecule has 0 saturated heterocycles. The molecule has 1 amide bonds. The van der Waals surface area contributed by atoms with Crippen LogP contribution in [0.5, 0.6) is 0 Å². The lowest BCUT2D eigenvalue weighted by atomic mass is 9.98. The van der Waals surface area contributed by atoms with Gasteiger partial charge >= 0.3 is 5.97 Å². The second-order valence-electron chi connectivity index (χ2n) is 7.53. The fourth-order valence-electron chi connectivity index (χ4n) is 3.63. The molecule has 1 aliphatic carbocycles. The summed E-state index contributed by atoms with van der Waals surface area (Å²) in [4.78, 5) is 41.3. The Morgan fingerprint density at radius 3 is 2.93 bits per heavy atom. The maximum Gasteiger partial charge on any atom is 0.338 e. The molecular formula is C20H20N4O4. The van der Waals surface area contributed by atoms with E-state index in [9.17, 15) is 19.6 Å². The SMILES string of the molecule is C[C@@](C#N)(NC(=O)COC(=O)c1ccc2c(=O)n3c(nc2c1)CCC3)C1CC1. The zero-order chi connectivity index (χ0) is 19.9. The number of nitriles is 1. The van der Waals surface area contributed by atoms with E-state index in [1.807, 2.05) is 0 Å². The Labute approximate surface area is 161 Å². The van der Waals surface area contributed by atoms with Gasteiger partial charge in [-0.15, -0.1) is 0 Å². The third-order valence-electron chi connectivity index (χ3n) is 5.41. The molecule has 1 fully saturated rings. The number of carbonyl (C=O) groups excluding carboxylic acids is 2. The Morgan fingerprint density at radius 1 is 1.43 bits per heavy atom. The van der Waals surface area contributed by atoms with Crippen molar-refractivity contribution in [2.24, 2.45) is 5.92 Å². The van der Waals surface area contributed by atoms with Crippen molar-refractivity contribution in [1.29, 1.82) is 5.26 Å². The van der Waals surface area contributed by atoms with Crippen molar-refractivity contribution < 1.29 is 14.3 Å². The van der Waals surface area contributed by atoms with Crippen LogP contribution in [0.15, 0.2) is 23.0 Å². The van der Waals surface area contributed by atoms with Crippen molar-refractivity contribution in [3.8, 4) is 6.07 Å². The highest BCUT2D eigenvalue weighted by atomic mass is 16.5. The van der Waals surface area contributed by atoms with Crippen molar-refractivity contribution >= 4 is 22.8 Å². The van der Waals surface area contributed by atoms with Gasteiger partial charge in [0.1, 0.15) is 11.4 Å². The standard InChI is InChI=1S/C20H20N4O4/c1-20(11-21,13-5-6-13)23-17(25)10-28-19(27)12-4-7-14-15(9-12)22-16-3-2-8-24(16)18(14)26/h4,7,9,13H,2-3,5-6,8,10H2,1H3,(H,23,25)/t20-/m0/s1. The lowest BCUT2D eigenvalue weighted by Crippen LogP contribution is -2.48. The summed E-state index contributed by atoms with van der Waals surface area (Å²) in [6.07, 6.45) is 3.42. The maximum atomic E-state index is 12.5. The van der Waals surface area contributed by atoms with Crippen LogP contribution >= 0.6 is 0 Å². The van der Waals surface area contributed by atoms with Crippen molar-refractivity contribution in [3.05, 3.63) is 39.9 Å². The van der Waals surface area contributed by atoms with E-state index < -0.39 is 24.0 Å². The van der Waals surface area contributed by atoms with Crippen molar-refractivity contribution in [1.82, 2.24) is 14.9 Å². The Kier molecular flexibility index (Phi) is 4.38. The van der Waals surface area contributed by atoms with E-state index in [2.05, 4.69) is 16.4 Å². The first-order valence-electron chi connectivity index (χ1n) is 9.34. The van der Waals surface area contributed by atoms with Crippen LogP contribution in [0.25, 0.3) is 10.9 Å². The third-order valence-corrected chi connectivity index (χ3v) is 5.41. The van der Waals surface area contributed by atoms with Crippen molar-refractivity contribution in [3.63, 3.8) is 0 Å². The summed E-state index contributed by atoms with van der Waals surface area (Å²) in [5.41, 5.74) is -0.366. The fourth-order valence-corrected chi connectivity index (χ4v) is 3.63. The normalized spacial score (nSPS) is 17.4. The van der Waals surface area contributed by atoms with Gasteiger partial charge in [0.05, 0.1) is 22.5 Å². The summed E-state index contributed by atoms with van der Waals surface area (Å²) in [6, 6.07) is 6.70. The largest absolute Gasteiger partial charge is 0.452 e. The molecule has 4 rings (SSSR count). The van der Waals surface area contributed by atoms with Crippen molar-refractivity contribution in [2.45, 2.75) is 44.7 Å². The highest BCUT2D eigenvalue weighted by molar-refractivity contribution is 5.95. The smallest absolute Gasteiger partial charge is 0.338 e. The number of hydrogen-bond acceptors (Lipinski definition) is 6. The number of hydrogen-bond donors (Lipinski definition) is 1. The van der Waals surface area contributed by atoms with E-state index in [4.69, 9.17) is 4.74 Å². The molecule has 1 aliphatic heterocycles. The van der Waals surface area contributed by atoms with E-state index in [0.717, 1.165) is 31.5 Å². The maximum absolute atomic E-state index is 12.5. The molecule has 2 aromatic rings. The predicted octanol–water partition coefficient (Wildman–Crippen LogP) is 1.31. The number of rotatable bonds is 5. The van der Waals surface area contributed by atoms with E-state index in [1.165, 1.54) is 12.1 Å². The average Bonchev–Trinajstić information content (AvgIpc) is 3.45. The highest BCUT2D eigenvalue weighted by Crippen LogP contribution is 2.39. The number of aromatic nitrogens is 2. The molecule has 8 nitrogen and oxygen atoms in total. The predicted molar refractivity (Wildman–Crippen MR) is 99.5 cm³/mol. The Bertz CT molecular complexity index is 1080. The molecular weight excluding hydrogens is 360 g/mol. The van der Waals surface area contributed by atoms with Crippen LogP contribution in [0.1, 0.15) is 42.4 Å². The third kappa shape index (κ3) is 3.24. The van der Waals surface area contributed by atoms with Crippen LogP contribution in [0.2, 0.25) is 0 Å². The quantitative estimate of drug-likeness (QED) is 0.782. The Hall–Kier alpha value is -3.21. The molecule has 28 heavy (non-hydrogen) atoms. The van der Waals surface area contributed by atoms with E-state index >= 15 is 0 Å². The molecule has 0 radical (unpaired) electrons. The van der Waals surface area contributed by atoms with Gasteiger partial charge in [0.15, 0.2) is 6.61 Å². The van der Waals surface area contributed by atoms with Gasteiger partial charge in [0.2, 0.25) is 0 Å². The van der Waals surface area contributed by atoms with Crippen LogP contribution in [-0.4, -0.2) is 33.6 Å². The van der Waals surface area contributed by atoms with Crippen LogP contribution in [0.3, 0.4) is 0 Å². The van der Waals surface area contributed by atoms with E-state index in [1.54, 1.807) is 17.6 Å². The summed E-state index contributed by atoms with van der Waals surface area (Å²) in [5, 5.41) is 12.4. The Balaban J connectivity index is 1.46. The number of aryl methyl sites for hydroxylation is 1. The molecule has 0 unspecified atom stereocenters. The number of benzene rings is 1.